The van der Waals surface area contributed by atoms with Crippen molar-refractivity contribution in [1.29, 1.82) is 0 Å². The largest absolute Gasteiger partial charge is 0.478 e. The molecule has 0 unspecified atom stereocenters. The molecule has 18 heavy (non-hydrogen) atoms. The van der Waals surface area contributed by atoms with Crippen LogP contribution in [-0.4, -0.2) is 11.1 Å². The van der Waals surface area contributed by atoms with Gasteiger partial charge in [-0.2, -0.15) is 0 Å². The van der Waals surface area contributed by atoms with E-state index in [2.05, 4.69) is 0 Å². The molecule has 0 heterocycles. The smallest absolute Gasteiger partial charge is 0.349 e. The maximum atomic E-state index is 11.2. The van der Waals surface area contributed by atoms with Crippen LogP contribution < -0.4 is 4.74 Å². The summed E-state index contributed by atoms with van der Waals surface area (Å²) in [7, 11) is 0. The van der Waals surface area contributed by atoms with Crippen LogP contribution in [0.2, 0.25) is 5.02 Å². The molecule has 0 fully saturated rings. The van der Waals surface area contributed by atoms with Gasteiger partial charge in [0.15, 0.2) is 0 Å². The minimum atomic E-state index is -1.04. The van der Waals surface area contributed by atoms with Gasteiger partial charge in [0.2, 0.25) is 6.10 Å². The van der Waals surface area contributed by atoms with Gasteiger partial charge >= 0.3 is 5.97 Å². The Hall–Kier alpha value is -2.00. The molecular weight excluding hydrogens is 252 g/mol. The van der Waals surface area contributed by atoms with Crippen LogP contribution >= 0.6 is 11.6 Å². The van der Waals surface area contributed by atoms with Gasteiger partial charge < -0.3 is 9.84 Å². The Morgan fingerprint density at radius 1 is 1.06 bits per heavy atom. The second kappa shape index (κ2) is 5.56. The molecule has 0 aliphatic carbocycles. The molecule has 0 saturated carbocycles. The lowest BCUT2D eigenvalue weighted by atomic mass is 10.1. The summed E-state index contributed by atoms with van der Waals surface area (Å²) in [6, 6.07) is 15.4. The number of hydrogen-bond acceptors (Lipinski definition) is 2. The Bertz CT molecular complexity index is 522. The molecule has 4 heteroatoms. The summed E-state index contributed by atoms with van der Waals surface area (Å²) in [5.74, 6) is -0.527. The number of hydrogen-bond donors (Lipinski definition) is 1. The second-order valence-electron chi connectivity index (χ2n) is 3.70. The molecule has 2 rings (SSSR count). The molecule has 0 saturated heterocycles. The highest BCUT2D eigenvalue weighted by atomic mass is 35.5. The molecule has 0 amide bonds. The predicted octanol–water partition coefficient (Wildman–Crippen LogP) is 3.54. The molecule has 0 radical (unpaired) electrons. The molecule has 2 aromatic rings. The van der Waals surface area contributed by atoms with E-state index in [1.54, 1.807) is 48.5 Å². The number of benzene rings is 2. The fraction of sp³-hybridized carbons (Fsp3) is 0.0714. The number of carboxylic acids is 1. The van der Waals surface area contributed by atoms with Gasteiger partial charge in [0.05, 0.1) is 0 Å². The zero-order valence-corrected chi connectivity index (χ0v) is 10.2. The van der Waals surface area contributed by atoms with Crippen molar-refractivity contribution in [1.82, 2.24) is 0 Å². The zero-order chi connectivity index (χ0) is 13.0. The first kappa shape index (κ1) is 12.5. The van der Waals surface area contributed by atoms with Crippen LogP contribution in [0.4, 0.5) is 0 Å². The molecule has 92 valence electrons. The van der Waals surface area contributed by atoms with Gasteiger partial charge in [-0.1, -0.05) is 41.9 Å². The molecular formula is C14H11ClO3. The fourth-order valence-electron chi connectivity index (χ4n) is 1.53. The summed E-state index contributed by atoms with van der Waals surface area (Å²) in [5, 5.41) is 9.76. The Kier molecular flexibility index (Phi) is 3.85. The predicted molar refractivity (Wildman–Crippen MR) is 68.9 cm³/mol. The summed E-state index contributed by atoms with van der Waals surface area (Å²) >= 11 is 5.77. The average molecular weight is 263 g/mol. The number of carbonyl (C=O) groups is 1. The Balaban J connectivity index is 2.24. The van der Waals surface area contributed by atoms with E-state index >= 15 is 0 Å². The first-order valence-corrected chi connectivity index (χ1v) is 5.74. The minimum absolute atomic E-state index is 0.514. The maximum Gasteiger partial charge on any atom is 0.349 e. The van der Waals surface area contributed by atoms with E-state index in [9.17, 15) is 9.90 Å². The first-order chi connectivity index (χ1) is 8.66. The molecule has 2 aromatic carbocycles. The minimum Gasteiger partial charge on any atom is -0.478 e. The maximum absolute atomic E-state index is 11.2. The molecule has 0 aromatic heterocycles. The lowest BCUT2D eigenvalue weighted by molar-refractivity contribution is -0.145. The van der Waals surface area contributed by atoms with Gasteiger partial charge in [0.25, 0.3) is 0 Å². The highest BCUT2D eigenvalue weighted by molar-refractivity contribution is 6.30. The van der Waals surface area contributed by atoms with Crippen molar-refractivity contribution in [3.8, 4) is 5.75 Å². The van der Waals surface area contributed by atoms with Gasteiger partial charge in [0.1, 0.15) is 5.75 Å². The van der Waals surface area contributed by atoms with Crippen molar-refractivity contribution in [2.45, 2.75) is 6.10 Å². The number of ether oxygens (including phenoxy) is 1. The van der Waals surface area contributed by atoms with Crippen LogP contribution in [0.1, 0.15) is 11.7 Å². The van der Waals surface area contributed by atoms with Crippen molar-refractivity contribution in [2.75, 3.05) is 0 Å². The fourth-order valence-corrected chi connectivity index (χ4v) is 1.66. The van der Waals surface area contributed by atoms with E-state index in [0.717, 1.165) is 0 Å². The third-order valence-electron chi connectivity index (χ3n) is 2.39. The van der Waals surface area contributed by atoms with E-state index in [0.29, 0.717) is 16.3 Å². The molecule has 3 nitrogen and oxygen atoms in total. The molecule has 0 bridgehead atoms. The van der Waals surface area contributed by atoms with E-state index in [1.807, 2.05) is 6.07 Å². The monoisotopic (exact) mass is 262 g/mol. The summed E-state index contributed by atoms with van der Waals surface area (Å²) in [6.45, 7) is 0. The van der Waals surface area contributed by atoms with E-state index in [4.69, 9.17) is 16.3 Å². The number of para-hydroxylation sites is 1. The number of carboxylic acid groups (broad SMARTS) is 1. The summed E-state index contributed by atoms with van der Waals surface area (Å²) in [4.78, 5) is 11.2. The van der Waals surface area contributed by atoms with Crippen molar-refractivity contribution in [3.05, 3.63) is 65.2 Å². The standard InChI is InChI=1S/C14H11ClO3/c15-11-8-6-10(7-9-11)13(14(16)17)18-12-4-2-1-3-5-12/h1-9,13H,(H,16,17)/t13-/m0/s1. The van der Waals surface area contributed by atoms with Crippen LogP contribution in [0.3, 0.4) is 0 Å². The normalized spacial score (nSPS) is 11.8. The van der Waals surface area contributed by atoms with Crippen molar-refractivity contribution in [3.63, 3.8) is 0 Å². The van der Waals surface area contributed by atoms with Crippen LogP contribution in [-0.2, 0) is 4.79 Å². The first-order valence-electron chi connectivity index (χ1n) is 5.37. The van der Waals surface area contributed by atoms with Crippen LogP contribution in [0.25, 0.3) is 0 Å². The average Bonchev–Trinajstić information content (AvgIpc) is 2.38. The SMILES string of the molecule is O=C(O)[C@@H](Oc1ccccc1)c1ccc(Cl)cc1. The van der Waals surface area contributed by atoms with Crippen molar-refractivity contribution in [2.24, 2.45) is 0 Å². The topological polar surface area (TPSA) is 46.5 Å². The van der Waals surface area contributed by atoms with Crippen LogP contribution in [0.15, 0.2) is 54.6 Å². The molecule has 1 atom stereocenters. The second-order valence-corrected chi connectivity index (χ2v) is 4.14. The number of rotatable bonds is 4. The highest BCUT2D eigenvalue weighted by Gasteiger charge is 2.21. The van der Waals surface area contributed by atoms with Crippen LogP contribution in [0, 0.1) is 0 Å². The van der Waals surface area contributed by atoms with Crippen LogP contribution in [0.5, 0.6) is 5.75 Å². The summed E-state index contributed by atoms with van der Waals surface area (Å²) < 4.78 is 5.46. The van der Waals surface area contributed by atoms with Gasteiger partial charge in [-0.15, -0.1) is 0 Å². The molecule has 0 spiro atoms. The molecule has 1 N–H and O–H groups in total. The summed E-state index contributed by atoms with van der Waals surface area (Å²) in [5.41, 5.74) is 0.552. The van der Waals surface area contributed by atoms with Gasteiger partial charge in [-0.25, -0.2) is 4.79 Å². The Morgan fingerprint density at radius 2 is 1.67 bits per heavy atom. The van der Waals surface area contributed by atoms with Gasteiger partial charge in [-0.05, 0) is 24.3 Å². The lowest BCUT2D eigenvalue weighted by Gasteiger charge is -2.15. The number of halogens is 1. The van der Waals surface area contributed by atoms with E-state index < -0.39 is 12.1 Å². The van der Waals surface area contributed by atoms with Crippen molar-refractivity contribution < 1.29 is 14.6 Å². The molecule has 0 aliphatic rings. The third-order valence-corrected chi connectivity index (χ3v) is 2.65. The third kappa shape index (κ3) is 3.02. The van der Waals surface area contributed by atoms with Gasteiger partial charge in [-0.3, -0.25) is 0 Å². The Morgan fingerprint density at radius 3 is 2.22 bits per heavy atom. The van der Waals surface area contributed by atoms with Crippen molar-refractivity contribution >= 4 is 17.6 Å². The molecule has 0 aliphatic heterocycles. The summed E-state index contributed by atoms with van der Waals surface area (Å²) in [6.07, 6.45) is -1.04. The Labute approximate surface area is 110 Å². The number of aliphatic carboxylic acids is 1. The lowest BCUT2D eigenvalue weighted by Crippen LogP contribution is -2.18. The van der Waals surface area contributed by atoms with Gasteiger partial charge in [0, 0.05) is 10.6 Å². The quantitative estimate of drug-likeness (QED) is 0.917. The van der Waals surface area contributed by atoms with E-state index in [-0.39, 0.29) is 0 Å². The highest BCUT2D eigenvalue weighted by Crippen LogP contribution is 2.23. The van der Waals surface area contributed by atoms with E-state index in [1.165, 1.54) is 0 Å². The zero-order valence-electron chi connectivity index (χ0n) is 9.42.